The molecule has 1 N–H and O–H groups in total. The molecule has 25 heavy (non-hydrogen) atoms. The van der Waals surface area contributed by atoms with Gasteiger partial charge in [0, 0.05) is 23.6 Å². The van der Waals surface area contributed by atoms with E-state index in [0.29, 0.717) is 6.61 Å². The number of ether oxygens (including phenoxy) is 1. The summed E-state index contributed by atoms with van der Waals surface area (Å²) in [6, 6.07) is 10.8. The molecule has 0 fully saturated rings. The number of thioether (sulfide) groups is 1. The van der Waals surface area contributed by atoms with Crippen LogP contribution in [0.3, 0.4) is 0 Å². The van der Waals surface area contributed by atoms with E-state index in [0.717, 1.165) is 22.8 Å². The van der Waals surface area contributed by atoms with E-state index in [-0.39, 0.29) is 35.2 Å². The first-order chi connectivity index (χ1) is 12.0. The third kappa shape index (κ3) is 5.68. The van der Waals surface area contributed by atoms with E-state index in [9.17, 15) is 20.0 Å². The Kier molecular flexibility index (Phi) is 6.64. The molecular weight excluding hydrogens is 344 g/mol. The highest BCUT2D eigenvalue weighted by atomic mass is 32.2. The smallest absolute Gasteiger partial charge is 0.269 e. The van der Waals surface area contributed by atoms with Crippen molar-refractivity contribution in [3.63, 3.8) is 0 Å². The van der Waals surface area contributed by atoms with E-state index in [1.807, 2.05) is 31.2 Å². The lowest BCUT2D eigenvalue weighted by atomic mass is 10.2. The zero-order valence-electron chi connectivity index (χ0n) is 13.6. The van der Waals surface area contributed by atoms with Crippen molar-refractivity contribution in [1.29, 1.82) is 0 Å². The second kappa shape index (κ2) is 8.93. The first-order valence-electron chi connectivity index (χ1n) is 7.56. The van der Waals surface area contributed by atoms with E-state index in [1.165, 1.54) is 17.8 Å². The van der Waals surface area contributed by atoms with Crippen LogP contribution in [0.15, 0.2) is 47.4 Å². The summed E-state index contributed by atoms with van der Waals surface area (Å²) in [4.78, 5) is 23.0. The van der Waals surface area contributed by atoms with Crippen molar-refractivity contribution >= 4 is 23.4 Å². The molecule has 1 amide bonds. The molecule has 0 saturated carbocycles. The van der Waals surface area contributed by atoms with Crippen molar-refractivity contribution in [2.24, 2.45) is 0 Å². The predicted octanol–water partition coefficient (Wildman–Crippen LogP) is 2.48. The highest BCUT2D eigenvalue weighted by molar-refractivity contribution is 8.00. The molecule has 0 bridgehead atoms. The standard InChI is InChI=1S/C17H18N2O5S/c1-2-24-14-4-6-15(7-5-14)25-11-17(21)18-10-12-9-13(19(22)23)3-8-16(12)20/h3-9,20H,2,10-11H2,1H3,(H,18,21)/p-1. The first-order valence-corrected chi connectivity index (χ1v) is 8.55. The summed E-state index contributed by atoms with van der Waals surface area (Å²) >= 11 is 1.35. The SMILES string of the molecule is CCOc1ccc(SCC(=O)NCc2cc([N+](=O)[O-])ccc2[O-])cc1. The molecule has 0 unspecified atom stereocenters. The summed E-state index contributed by atoms with van der Waals surface area (Å²) in [6.45, 7) is 2.46. The lowest BCUT2D eigenvalue weighted by molar-refractivity contribution is -0.385. The maximum atomic E-state index is 11.9. The second-order valence-corrected chi connectivity index (χ2v) is 6.07. The Labute approximate surface area is 149 Å². The van der Waals surface area contributed by atoms with Gasteiger partial charge in [0.1, 0.15) is 5.75 Å². The van der Waals surface area contributed by atoms with E-state index < -0.39 is 4.92 Å². The van der Waals surface area contributed by atoms with Gasteiger partial charge in [-0.25, -0.2) is 0 Å². The Balaban J connectivity index is 1.84. The van der Waals surface area contributed by atoms with Crippen LogP contribution in [0.25, 0.3) is 0 Å². The number of nitrogens with zero attached hydrogens (tertiary/aromatic N) is 1. The Morgan fingerprint density at radius 2 is 1.96 bits per heavy atom. The summed E-state index contributed by atoms with van der Waals surface area (Å²) in [6.07, 6.45) is 0. The quantitative estimate of drug-likeness (QED) is 0.440. The third-order valence-electron chi connectivity index (χ3n) is 3.24. The van der Waals surface area contributed by atoms with Gasteiger partial charge in [0.15, 0.2) is 0 Å². The Bertz CT molecular complexity index is 749. The van der Waals surface area contributed by atoms with E-state index >= 15 is 0 Å². The summed E-state index contributed by atoms with van der Waals surface area (Å²) in [5.41, 5.74) is 0.0150. The molecule has 2 aromatic rings. The molecule has 0 heterocycles. The topological polar surface area (TPSA) is 105 Å². The number of carbonyl (C=O) groups excluding carboxylic acids is 1. The van der Waals surface area contributed by atoms with Gasteiger partial charge >= 0.3 is 0 Å². The first kappa shape index (κ1) is 18.6. The second-order valence-electron chi connectivity index (χ2n) is 5.02. The van der Waals surface area contributed by atoms with Gasteiger partial charge in [0.05, 0.1) is 17.3 Å². The number of amides is 1. The van der Waals surface area contributed by atoms with Gasteiger partial charge in [-0.05, 0) is 36.8 Å². The molecule has 0 aliphatic heterocycles. The lowest BCUT2D eigenvalue weighted by Gasteiger charge is -2.13. The molecule has 0 atom stereocenters. The third-order valence-corrected chi connectivity index (χ3v) is 4.25. The fourth-order valence-corrected chi connectivity index (χ4v) is 2.74. The van der Waals surface area contributed by atoms with Crippen molar-refractivity contribution in [1.82, 2.24) is 5.32 Å². The van der Waals surface area contributed by atoms with E-state index in [4.69, 9.17) is 4.74 Å². The van der Waals surface area contributed by atoms with Crippen molar-refractivity contribution in [2.75, 3.05) is 12.4 Å². The predicted molar refractivity (Wildman–Crippen MR) is 92.7 cm³/mol. The van der Waals surface area contributed by atoms with Gasteiger partial charge in [0.25, 0.3) is 5.69 Å². The molecule has 7 nitrogen and oxygen atoms in total. The van der Waals surface area contributed by atoms with Gasteiger partial charge in [-0.1, -0.05) is 6.07 Å². The molecule has 2 aromatic carbocycles. The van der Waals surface area contributed by atoms with Crippen LogP contribution in [0.2, 0.25) is 0 Å². The summed E-state index contributed by atoms with van der Waals surface area (Å²) in [7, 11) is 0. The summed E-state index contributed by atoms with van der Waals surface area (Å²) < 4.78 is 5.35. The van der Waals surface area contributed by atoms with Crippen LogP contribution in [-0.2, 0) is 11.3 Å². The molecule has 0 saturated heterocycles. The molecule has 0 radical (unpaired) electrons. The fraction of sp³-hybridized carbons (Fsp3) is 0.235. The number of nitro benzene ring substituents is 1. The normalized spacial score (nSPS) is 10.3. The average Bonchev–Trinajstić information content (AvgIpc) is 2.60. The minimum Gasteiger partial charge on any atom is -0.872 e. The highest BCUT2D eigenvalue weighted by Gasteiger charge is 2.08. The van der Waals surface area contributed by atoms with Crippen molar-refractivity contribution in [2.45, 2.75) is 18.4 Å². The number of non-ortho nitro benzene ring substituents is 1. The Hall–Kier alpha value is -2.74. The molecule has 8 heteroatoms. The highest BCUT2D eigenvalue weighted by Crippen LogP contribution is 2.22. The Morgan fingerprint density at radius 1 is 1.24 bits per heavy atom. The zero-order chi connectivity index (χ0) is 18.2. The van der Waals surface area contributed by atoms with Crippen LogP contribution < -0.4 is 15.2 Å². The molecule has 132 valence electrons. The maximum absolute atomic E-state index is 11.9. The van der Waals surface area contributed by atoms with Crippen LogP contribution >= 0.6 is 11.8 Å². The van der Waals surface area contributed by atoms with Crippen LogP contribution in [0.1, 0.15) is 12.5 Å². The summed E-state index contributed by atoms with van der Waals surface area (Å²) in [5.74, 6) is 0.344. The van der Waals surface area contributed by atoms with E-state index in [1.54, 1.807) is 0 Å². The van der Waals surface area contributed by atoms with Crippen LogP contribution in [0, 0.1) is 10.1 Å². The van der Waals surface area contributed by atoms with Crippen molar-refractivity contribution < 1.29 is 19.6 Å². The van der Waals surface area contributed by atoms with Crippen molar-refractivity contribution in [3.05, 3.63) is 58.1 Å². The largest absolute Gasteiger partial charge is 0.872 e. The van der Waals surface area contributed by atoms with Crippen LogP contribution in [0.4, 0.5) is 5.69 Å². The minimum atomic E-state index is -0.577. The molecule has 0 aliphatic rings. The molecule has 0 spiro atoms. The zero-order valence-corrected chi connectivity index (χ0v) is 14.4. The van der Waals surface area contributed by atoms with Gasteiger partial charge in [0.2, 0.25) is 5.91 Å². The van der Waals surface area contributed by atoms with Gasteiger partial charge < -0.3 is 15.2 Å². The van der Waals surface area contributed by atoms with Gasteiger partial charge in [-0.15, -0.1) is 17.5 Å². The minimum absolute atomic E-state index is 0.0385. The number of hydrogen-bond acceptors (Lipinski definition) is 6. The monoisotopic (exact) mass is 361 g/mol. The van der Waals surface area contributed by atoms with Crippen LogP contribution in [-0.4, -0.2) is 23.2 Å². The number of hydrogen-bond donors (Lipinski definition) is 1. The maximum Gasteiger partial charge on any atom is 0.269 e. The number of benzene rings is 2. The molecule has 2 rings (SSSR count). The molecule has 0 aromatic heterocycles. The number of carbonyl (C=O) groups is 1. The van der Waals surface area contributed by atoms with Crippen LogP contribution in [0.5, 0.6) is 11.5 Å². The lowest BCUT2D eigenvalue weighted by Crippen LogP contribution is -2.25. The van der Waals surface area contributed by atoms with Gasteiger partial charge in [-0.3, -0.25) is 14.9 Å². The van der Waals surface area contributed by atoms with Gasteiger partial charge in [-0.2, -0.15) is 0 Å². The number of nitrogens with one attached hydrogen (secondary N) is 1. The fourth-order valence-electron chi connectivity index (χ4n) is 2.01. The van der Waals surface area contributed by atoms with Crippen molar-refractivity contribution in [3.8, 4) is 11.5 Å². The molecule has 0 aliphatic carbocycles. The number of rotatable bonds is 8. The number of nitro groups is 1. The molecular formula is C17H17N2O5S-. The van der Waals surface area contributed by atoms with E-state index in [2.05, 4.69) is 5.32 Å². The average molecular weight is 361 g/mol. The summed E-state index contributed by atoms with van der Waals surface area (Å²) in [5, 5.41) is 25.0. The Morgan fingerprint density at radius 3 is 2.60 bits per heavy atom.